The van der Waals surface area contributed by atoms with E-state index in [1.54, 1.807) is 18.9 Å². The van der Waals surface area contributed by atoms with Crippen LogP contribution in [0, 0.1) is 11.3 Å². The Kier molecular flexibility index (Phi) is 6.77. The molecular weight excluding hydrogens is 410 g/mol. The second-order valence-electron chi connectivity index (χ2n) is 7.98. The Bertz CT molecular complexity index is 901. The lowest BCUT2D eigenvalue weighted by molar-refractivity contribution is -0.176. The molecule has 2 aromatic carbocycles. The first-order valence-electron chi connectivity index (χ1n) is 11.1. The molecule has 2 saturated heterocycles. The van der Waals surface area contributed by atoms with Gasteiger partial charge >= 0.3 is 11.9 Å². The fourth-order valence-electron chi connectivity index (χ4n) is 4.65. The minimum Gasteiger partial charge on any atom is -0.465 e. The molecule has 0 saturated carbocycles. The predicted molar refractivity (Wildman–Crippen MR) is 117 cm³/mol. The van der Waals surface area contributed by atoms with Crippen molar-refractivity contribution >= 4 is 17.6 Å². The van der Waals surface area contributed by atoms with Crippen molar-refractivity contribution in [2.45, 2.75) is 39.0 Å². The molecule has 0 unspecified atom stereocenters. The van der Waals surface area contributed by atoms with E-state index >= 15 is 0 Å². The lowest BCUT2D eigenvalue weighted by Gasteiger charge is -2.41. The minimum atomic E-state index is -1.63. The maximum atomic E-state index is 13.7. The van der Waals surface area contributed by atoms with E-state index in [0.29, 0.717) is 18.7 Å². The lowest BCUT2D eigenvalue weighted by Crippen LogP contribution is -2.52. The van der Waals surface area contributed by atoms with Gasteiger partial charge in [-0.25, -0.2) is 9.90 Å². The number of hydrogen-bond donors (Lipinski definition) is 0. The van der Waals surface area contributed by atoms with Gasteiger partial charge in [0.25, 0.3) is 0 Å². The van der Waals surface area contributed by atoms with Gasteiger partial charge in [0.15, 0.2) is 11.7 Å². The molecule has 0 aromatic heterocycles. The predicted octanol–water partition coefficient (Wildman–Crippen LogP) is 4.04. The SMILES string of the molecule is CCOC(=O)C1(C(=O)OCC)C[C@@H]2CCO[C@H]2ON(c2ccccc2)[C@@H]1c1ccccc1. The highest BCUT2D eigenvalue weighted by atomic mass is 16.8. The van der Waals surface area contributed by atoms with Gasteiger partial charge in [-0.2, -0.15) is 0 Å². The van der Waals surface area contributed by atoms with Gasteiger partial charge in [0.05, 0.1) is 25.5 Å². The average Bonchev–Trinajstić information content (AvgIpc) is 3.19. The van der Waals surface area contributed by atoms with E-state index in [0.717, 1.165) is 5.56 Å². The normalized spacial score (nSPS) is 24.3. The number of fused-ring (bicyclic) bond motifs is 1. The van der Waals surface area contributed by atoms with Crippen LogP contribution in [-0.4, -0.2) is 38.0 Å². The fourth-order valence-corrected chi connectivity index (χ4v) is 4.65. The number of ether oxygens (including phenoxy) is 3. The summed E-state index contributed by atoms with van der Waals surface area (Å²) in [6, 6.07) is 18.0. The van der Waals surface area contributed by atoms with Crippen LogP contribution in [-0.2, 0) is 28.6 Å². The first-order chi connectivity index (χ1) is 15.6. The third-order valence-corrected chi connectivity index (χ3v) is 6.06. The molecule has 0 spiro atoms. The van der Waals surface area contributed by atoms with Crippen molar-refractivity contribution in [2.24, 2.45) is 11.3 Å². The number of esters is 2. The van der Waals surface area contributed by atoms with Gasteiger partial charge in [-0.05, 0) is 44.4 Å². The smallest absolute Gasteiger partial charge is 0.326 e. The minimum absolute atomic E-state index is 0.151. The molecule has 2 fully saturated rings. The number of hydrogen-bond acceptors (Lipinski definition) is 7. The van der Waals surface area contributed by atoms with Crippen molar-refractivity contribution < 1.29 is 28.6 Å². The van der Waals surface area contributed by atoms with Crippen molar-refractivity contribution in [3.63, 3.8) is 0 Å². The van der Waals surface area contributed by atoms with E-state index in [-0.39, 0.29) is 25.6 Å². The van der Waals surface area contributed by atoms with E-state index in [1.165, 1.54) is 0 Å². The highest BCUT2D eigenvalue weighted by Gasteiger charge is 2.62. The van der Waals surface area contributed by atoms with Gasteiger partial charge < -0.3 is 14.2 Å². The Labute approximate surface area is 188 Å². The molecule has 2 aromatic rings. The number of carbonyl (C=O) groups is 2. The average molecular weight is 440 g/mol. The van der Waals surface area contributed by atoms with Gasteiger partial charge in [-0.15, -0.1) is 0 Å². The standard InChI is InChI=1S/C25H29NO6/c1-3-29-23(27)25(24(28)30-4-2)17-19-15-16-31-22(19)32-26(20-13-9-6-10-14-20)21(25)18-11-7-5-8-12-18/h5-14,19,21-22H,3-4,15-17H2,1-2H3/t19-,21+,22-/m0/s1. The van der Waals surface area contributed by atoms with E-state index in [2.05, 4.69) is 0 Å². The largest absolute Gasteiger partial charge is 0.465 e. The number of anilines is 1. The van der Waals surface area contributed by atoms with E-state index in [4.69, 9.17) is 19.0 Å². The summed E-state index contributed by atoms with van der Waals surface area (Å²) in [6.45, 7) is 4.27. The molecule has 2 aliphatic heterocycles. The van der Waals surface area contributed by atoms with Crippen LogP contribution < -0.4 is 5.06 Å². The van der Waals surface area contributed by atoms with E-state index in [9.17, 15) is 9.59 Å². The first-order valence-corrected chi connectivity index (χ1v) is 11.1. The summed E-state index contributed by atoms with van der Waals surface area (Å²) in [5.41, 5.74) is -0.177. The monoisotopic (exact) mass is 439 g/mol. The Morgan fingerprint density at radius 3 is 2.16 bits per heavy atom. The summed E-state index contributed by atoms with van der Waals surface area (Å²) in [7, 11) is 0. The van der Waals surface area contributed by atoms with Gasteiger partial charge in [0, 0.05) is 5.92 Å². The van der Waals surface area contributed by atoms with Crippen molar-refractivity contribution in [1.29, 1.82) is 0 Å². The summed E-state index contributed by atoms with van der Waals surface area (Å²) in [4.78, 5) is 33.8. The number of nitrogens with zero attached hydrogens (tertiary/aromatic N) is 1. The van der Waals surface area contributed by atoms with Gasteiger partial charge in [-0.3, -0.25) is 9.59 Å². The summed E-state index contributed by atoms with van der Waals surface area (Å²) < 4.78 is 16.9. The van der Waals surface area contributed by atoms with E-state index in [1.807, 2.05) is 60.7 Å². The Hall–Kier alpha value is -2.90. The van der Waals surface area contributed by atoms with Crippen LogP contribution in [0.1, 0.15) is 38.3 Å². The third-order valence-electron chi connectivity index (χ3n) is 6.06. The molecule has 7 heteroatoms. The molecule has 170 valence electrons. The van der Waals surface area contributed by atoms with Crippen LogP contribution >= 0.6 is 0 Å². The highest BCUT2D eigenvalue weighted by Crippen LogP contribution is 2.52. The lowest BCUT2D eigenvalue weighted by atomic mass is 9.70. The second-order valence-corrected chi connectivity index (χ2v) is 7.98. The molecule has 0 radical (unpaired) electrons. The van der Waals surface area contributed by atoms with Crippen molar-refractivity contribution in [1.82, 2.24) is 0 Å². The molecule has 4 rings (SSSR count). The van der Waals surface area contributed by atoms with Gasteiger partial charge in [0.2, 0.25) is 0 Å². The van der Waals surface area contributed by atoms with Gasteiger partial charge in [-0.1, -0.05) is 48.5 Å². The second kappa shape index (κ2) is 9.71. The van der Waals surface area contributed by atoms with Crippen LogP contribution in [0.3, 0.4) is 0 Å². The number of hydroxylamine groups is 1. The molecule has 3 atom stereocenters. The molecule has 2 aliphatic rings. The van der Waals surface area contributed by atoms with Crippen LogP contribution in [0.5, 0.6) is 0 Å². The molecule has 0 bridgehead atoms. The Morgan fingerprint density at radius 1 is 0.969 bits per heavy atom. The Morgan fingerprint density at radius 2 is 1.56 bits per heavy atom. The number of rotatable bonds is 6. The molecule has 2 heterocycles. The topological polar surface area (TPSA) is 74.3 Å². The molecule has 0 amide bonds. The molecule has 0 N–H and O–H groups in total. The molecular formula is C25H29NO6. The summed E-state index contributed by atoms with van der Waals surface area (Å²) in [6.07, 6.45) is 0.306. The third kappa shape index (κ3) is 3.98. The zero-order chi connectivity index (χ0) is 22.6. The van der Waals surface area contributed by atoms with Crippen LogP contribution in [0.25, 0.3) is 0 Å². The van der Waals surface area contributed by atoms with E-state index < -0.39 is 29.7 Å². The van der Waals surface area contributed by atoms with Crippen molar-refractivity contribution in [2.75, 3.05) is 24.9 Å². The molecule has 7 nitrogen and oxygen atoms in total. The summed E-state index contributed by atoms with van der Waals surface area (Å²) in [5.74, 6) is -1.38. The number of para-hydroxylation sites is 1. The first kappa shape index (κ1) is 22.3. The summed E-state index contributed by atoms with van der Waals surface area (Å²) >= 11 is 0. The zero-order valence-electron chi connectivity index (χ0n) is 18.4. The fraction of sp³-hybridized carbons (Fsp3) is 0.440. The highest BCUT2D eigenvalue weighted by molar-refractivity contribution is 6.02. The van der Waals surface area contributed by atoms with Crippen LogP contribution in [0.4, 0.5) is 5.69 Å². The van der Waals surface area contributed by atoms with Gasteiger partial charge in [0.1, 0.15) is 6.04 Å². The zero-order valence-corrected chi connectivity index (χ0v) is 18.4. The van der Waals surface area contributed by atoms with Crippen molar-refractivity contribution in [3.05, 3.63) is 66.2 Å². The number of carbonyl (C=O) groups excluding carboxylic acids is 2. The molecule has 0 aliphatic carbocycles. The van der Waals surface area contributed by atoms with Crippen molar-refractivity contribution in [3.8, 4) is 0 Å². The van der Waals surface area contributed by atoms with Crippen LogP contribution in [0.2, 0.25) is 0 Å². The Balaban J connectivity index is 1.97. The maximum Gasteiger partial charge on any atom is 0.326 e. The van der Waals surface area contributed by atoms with Crippen LogP contribution in [0.15, 0.2) is 60.7 Å². The summed E-state index contributed by atoms with van der Waals surface area (Å²) in [5, 5.41) is 1.64. The quantitative estimate of drug-likeness (QED) is 0.497. The molecule has 32 heavy (non-hydrogen) atoms. The maximum absolute atomic E-state index is 13.7. The number of benzene rings is 2.